The van der Waals surface area contributed by atoms with E-state index >= 15 is 0 Å². The summed E-state index contributed by atoms with van der Waals surface area (Å²) >= 11 is 4.01. The van der Waals surface area contributed by atoms with Gasteiger partial charge in [0.2, 0.25) is 5.78 Å². The molecule has 1 rings (SSSR count). The lowest BCUT2D eigenvalue weighted by atomic mass is 9.84. The molecule has 0 aromatic heterocycles. The molecule has 1 heterocycles. The summed E-state index contributed by atoms with van der Waals surface area (Å²) in [5, 5.41) is 0. The van der Waals surface area contributed by atoms with Gasteiger partial charge in [-0.15, -0.1) is 11.7 Å². The minimum atomic E-state index is -0.711. The van der Waals surface area contributed by atoms with Crippen LogP contribution in [-0.4, -0.2) is 40.6 Å². The molecule has 1 fully saturated rings. The van der Waals surface area contributed by atoms with Crippen LogP contribution in [0.3, 0.4) is 0 Å². The normalized spacial score (nSPS) is 20.4. The topological polar surface area (TPSA) is 63.7 Å². The van der Waals surface area contributed by atoms with E-state index in [0.29, 0.717) is 19.4 Å². The number of esters is 1. The standard InChI is InChI=1S/C15H25NO4S2/c1-5-15(3,4)12(17)13(18)16-9-7-6-8-11(16)14(19)20-10(2)22-21/h10-11,21H,5-9H2,1-4H3. The van der Waals surface area contributed by atoms with Gasteiger partial charge in [0, 0.05) is 12.0 Å². The molecule has 2 unspecified atom stereocenters. The van der Waals surface area contributed by atoms with Gasteiger partial charge in [0.15, 0.2) is 5.44 Å². The van der Waals surface area contributed by atoms with E-state index < -0.39 is 34.6 Å². The number of ketones is 1. The van der Waals surface area contributed by atoms with E-state index in [1.165, 1.54) is 4.90 Å². The lowest BCUT2D eigenvalue weighted by Gasteiger charge is -2.35. The molecule has 0 aromatic carbocycles. The van der Waals surface area contributed by atoms with E-state index in [0.717, 1.165) is 23.6 Å². The molecule has 5 nitrogen and oxygen atoms in total. The van der Waals surface area contributed by atoms with Crippen molar-refractivity contribution in [1.29, 1.82) is 0 Å². The highest BCUT2D eigenvalue weighted by Gasteiger charge is 2.40. The van der Waals surface area contributed by atoms with Crippen LogP contribution in [0, 0.1) is 5.41 Å². The van der Waals surface area contributed by atoms with Gasteiger partial charge in [-0.05, 0) is 32.6 Å². The number of ether oxygens (including phenoxy) is 1. The first-order valence-electron chi connectivity index (χ1n) is 7.60. The molecule has 0 aliphatic carbocycles. The first-order chi connectivity index (χ1) is 10.2. The van der Waals surface area contributed by atoms with Crippen molar-refractivity contribution in [3.63, 3.8) is 0 Å². The van der Waals surface area contributed by atoms with E-state index in [2.05, 4.69) is 11.7 Å². The van der Waals surface area contributed by atoms with Gasteiger partial charge in [0.25, 0.3) is 5.91 Å². The number of likely N-dealkylation sites (tertiary alicyclic amines) is 1. The maximum atomic E-state index is 12.5. The highest BCUT2D eigenvalue weighted by molar-refractivity contribution is 8.68. The Balaban J connectivity index is 2.87. The molecule has 7 heteroatoms. The van der Waals surface area contributed by atoms with Crippen molar-refractivity contribution < 1.29 is 19.1 Å². The lowest BCUT2D eigenvalue weighted by Crippen LogP contribution is -2.53. The summed E-state index contributed by atoms with van der Waals surface area (Å²) in [6, 6.07) is -0.666. The summed E-state index contributed by atoms with van der Waals surface area (Å²) in [6.07, 6.45) is 2.76. The number of thiol groups is 1. The molecular weight excluding hydrogens is 322 g/mol. The fourth-order valence-electron chi connectivity index (χ4n) is 2.26. The monoisotopic (exact) mass is 347 g/mol. The average molecular weight is 348 g/mol. The summed E-state index contributed by atoms with van der Waals surface area (Å²) in [7, 11) is 1.12. The van der Waals surface area contributed by atoms with Crippen LogP contribution in [0.1, 0.15) is 53.4 Å². The predicted molar refractivity (Wildman–Crippen MR) is 90.6 cm³/mol. The number of piperidine rings is 1. The summed E-state index contributed by atoms with van der Waals surface area (Å²) in [6.45, 7) is 7.52. The number of hydrogen-bond donors (Lipinski definition) is 1. The van der Waals surface area contributed by atoms with Crippen LogP contribution in [0.5, 0.6) is 0 Å². The highest BCUT2D eigenvalue weighted by atomic mass is 33.1. The second kappa shape index (κ2) is 8.24. The van der Waals surface area contributed by atoms with Crippen LogP contribution >= 0.6 is 22.5 Å². The predicted octanol–water partition coefficient (Wildman–Crippen LogP) is 2.84. The SMILES string of the molecule is CCC(C)(C)C(=O)C(=O)N1CCCCC1C(=O)OC(C)SS. The Labute approximate surface area is 141 Å². The zero-order chi connectivity index (χ0) is 16.9. The fourth-order valence-corrected chi connectivity index (χ4v) is 2.53. The molecule has 1 aliphatic heterocycles. The Morgan fingerprint density at radius 3 is 2.55 bits per heavy atom. The van der Waals surface area contributed by atoms with E-state index in [9.17, 15) is 14.4 Å². The Morgan fingerprint density at radius 1 is 1.36 bits per heavy atom. The third-order valence-electron chi connectivity index (χ3n) is 4.16. The van der Waals surface area contributed by atoms with Crippen LogP contribution in [0.2, 0.25) is 0 Å². The maximum absolute atomic E-state index is 12.5. The summed E-state index contributed by atoms with van der Waals surface area (Å²) < 4.78 is 5.25. The van der Waals surface area contributed by atoms with Gasteiger partial charge in [-0.2, -0.15) is 0 Å². The van der Waals surface area contributed by atoms with Crippen molar-refractivity contribution in [1.82, 2.24) is 4.90 Å². The highest BCUT2D eigenvalue weighted by Crippen LogP contribution is 2.26. The Morgan fingerprint density at radius 2 is 2.00 bits per heavy atom. The zero-order valence-corrected chi connectivity index (χ0v) is 15.3. The van der Waals surface area contributed by atoms with Crippen LogP contribution in [-0.2, 0) is 19.1 Å². The second-order valence-electron chi connectivity index (χ2n) is 6.19. The van der Waals surface area contributed by atoms with Crippen LogP contribution in [0.4, 0.5) is 0 Å². The van der Waals surface area contributed by atoms with Gasteiger partial charge >= 0.3 is 5.97 Å². The summed E-state index contributed by atoms with van der Waals surface area (Å²) in [5.41, 5.74) is -1.10. The van der Waals surface area contributed by atoms with Crippen LogP contribution < -0.4 is 0 Å². The van der Waals surface area contributed by atoms with Crippen molar-refractivity contribution in [2.24, 2.45) is 5.41 Å². The Hall–Kier alpha value is -0.690. The smallest absolute Gasteiger partial charge is 0.330 e. The molecule has 0 radical (unpaired) electrons. The van der Waals surface area contributed by atoms with Crippen molar-refractivity contribution in [2.45, 2.75) is 64.9 Å². The third kappa shape index (κ3) is 4.65. The van der Waals surface area contributed by atoms with Crippen molar-refractivity contribution in [2.75, 3.05) is 6.54 Å². The molecule has 0 saturated carbocycles. The molecule has 0 spiro atoms. The molecule has 22 heavy (non-hydrogen) atoms. The largest absolute Gasteiger partial charge is 0.449 e. The van der Waals surface area contributed by atoms with E-state index in [-0.39, 0.29) is 0 Å². The van der Waals surface area contributed by atoms with Gasteiger partial charge < -0.3 is 9.64 Å². The van der Waals surface area contributed by atoms with Crippen LogP contribution in [0.25, 0.3) is 0 Å². The summed E-state index contributed by atoms with van der Waals surface area (Å²) in [5.74, 6) is -1.46. The average Bonchev–Trinajstić information content (AvgIpc) is 2.53. The molecular formula is C15H25NO4S2. The molecule has 0 aromatic rings. The minimum absolute atomic E-state index is 0.391. The first kappa shape index (κ1) is 19.4. The van der Waals surface area contributed by atoms with Gasteiger partial charge in [0.05, 0.1) is 0 Å². The van der Waals surface area contributed by atoms with Crippen molar-refractivity contribution in [3.8, 4) is 0 Å². The molecule has 126 valence electrons. The van der Waals surface area contributed by atoms with Gasteiger partial charge in [-0.3, -0.25) is 9.59 Å². The number of rotatable bonds is 6. The number of Topliss-reactive ketones (excluding diaryl/α,β-unsaturated/α-hetero) is 1. The second-order valence-corrected chi connectivity index (χ2v) is 7.69. The van der Waals surface area contributed by atoms with E-state index in [4.69, 9.17) is 4.74 Å². The number of carbonyl (C=O) groups is 3. The molecule has 0 N–H and O–H groups in total. The third-order valence-corrected chi connectivity index (χ3v) is 5.44. The summed E-state index contributed by atoms with van der Waals surface area (Å²) in [4.78, 5) is 38.5. The quantitative estimate of drug-likeness (QED) is 0.263. The molecule has 1 saturated heterocycles. The molecule has 2 atom stereocenters. The lowest BCUT2D eigenvalue weighted by molar-refractivity contribution is -0.161. The van der Waals surface area contributed by atoms with Gasteiger partial charge in [-0.25, -0.2) is 4.79 Å². The number of amides is 1. The number of hydrogen-bond acceptors (Lipinski definition) is 6. The fraction of sp³-hybridized carbons (Fsp3) is 0.800. The zero-order valence-electron chi connectivity index (χ0n) is 13.6. The van der Waals surface area contributed by atoms with Gasteiger partial charge in [-0.1, -0.05) is 31.6 Å². The van der Waals surface area contributed by atoms with E-state index in [1.54, 1.807) is 20.8 Å². The van der Waals surface area contributed by atoms with Crippen molar-refractivity contribution >= 4 is 40.1 Å². The molecule has 1 aliphatic rings. The van der Waals surface area contributed by atoms with Crippen LogP contribution in [0.15, 0.2) is 0 Å². The van der Waals surface area contributed by atoms with E-state index in [1.807, 2.05) is 6.92 Å². The Kier molecular flexibility index (Phi) is 7.25. The number of carbonyl (C=O) groups excluding carboxylic acids is 3. The minimum Gasteiger partial charge on any atom is -0.449 e. The maximum Gasteiger partial charge on any atom is 0.330 e. The van der Waals surface area contributed by atoms with Gasteiger partial charge in [0.1, 0.15) is 6.04 Å². The Bertz CT molecular complexity index is 439. The molecule has 1 amide bonds. The first-order valence-corrected chi connectivity index (χ1v) is 9.54. The number of nitrogens with zero attached hydrogens (tertiary/aromatic N) is 1. The molecule has 0 bridgehead atoms. The van der Waals surface area contributed by atoms with Crippen molar-refractivity contribution in [3.05, 3.63) is 0 Å².